The molecule has 0 aliphatic carbocycles. The quantitative estimate of drug-likeness (QED) is 0.324. The second-order valence-electron chi connectivity index (χ2n) is 10.9. The highest BCUT2D eigenvalue weighted by Gasteiger charge is 2.48. The summed E-state index contributed by atoms with van der Waals surface area (Å²) in [5.41, 5.74) is 6.58. The molecule has 0 nitrogen and oxygen atoms in total. The SMILES string of the molecule is CC1=CC[P+](Br)(c2c(C(C)(C)C)cc(C(C)(C)C)cc2C(C)(C)C)C1. The van der Waals surface area contributed by atoms with Gasteiger partial charge in [-0.05, 0) is 40.4 Å². The number of halogens is 1. The first-order chi connectivity index (χ1) is 11.1. The fourth-order valence-corrected chi connectivity index (χ4v) is 10.1. The lowest BCUT2D eigenvalue weighted by Gasteiger charge is -2.34. The Hall–Kier alpha value is -0.130. The Balaban J connectivity index is 2.88. The summed E-state index contributed by atoms with van der Waals surface area (Å²) in [4.78, 5) is 0. The average molecular weight is 424 g/mol. The van der Waals surface area contributed by atoms with E-state index in [2.05, 4.69) is 103 Å². The van der Waals surface area contributed by atoms with Crippen LogP contribution in [0.4, 0.5) is 0 Å². The maximum absolute atomic E-state index is 4.32. The molecule has 0 bridgehead atoms. The molecule has 2 rings (SSSR count). The molecule has 1 atom stereocenters. The van der Waals surface area contributed by atoms with Crippen LogP contribution in [0, 0.1) is 0 Å². The van der Waals surface area contributed by atoms with Crippen LogP contribution >= 0.6 is 21.5 Å². The van der Waals surface area contributed by atoms with Crippen LogP contribution in [0.25, 0.3) is 0 Å². The Labute approximate surface area is 165 Å². The van der Waals surface area contributed by atoms with Gasteiger partial charge in [-0.3, -0.25) is 0 Å². The maximum atomic E-state index is 4.32. The highest BCUT2D eigenvalue weighted by atomic mass is 79.9. The molecule has 1 aliphatic rings. The van der Waals surface area contributed by atoms with E-state index in [-0.39, 0.29) is 16.2 Å². The number of hydrogen-bond acceptors (Lipinski definition) is 0. The lowest BCUT2D eigenvalue weighted by atomic mass is 9.75. The summed E-state index contributed by atoms with van der Waals surface area (Å²) in [6.45, 7) is 23.5. The van der Waals surface area contributed by atoms with E-state index in [1.807, 2.05) is 0 Å². The van der Waals surface area contributed by atoms with Crippen molar-refractivity contribution in [3.05, 3.63) is 40.5 Å². The van der Waals surface area contributed by atoms with Crippen molar-refractivity contribution in [1.29, 1.82) is 0 Å². The molecule has 0 fully saturated rings. The first-order valence-electron chi connectivity index (χ1n) is 9.48. The smallest absolute Gasteiger partial charge is 0.0561 e. The standard InChI is InChI=1S/C23H37BrP/c1-16-11-12-25(24,15-16)20-18(22(5,6)7)13-17(21(2,3)4)14-19(20)23(8,9)10/h11,13-14H,12,15H2,1-10H3/q+1. The van der Waals surface area contributed by atoms with Crippen molar-refractivity contribution in [2.24, 2.45) is 0 Å². The van der Waals surface area contributed by atoms with E-state index in [0.717, 1.165) is 0 Å². The van der Waals surface area contributed by atoms with Crippen molar-refractivity contribution in [3.63, 3.8) is 0 Å². The minimum atomic E-state index is -1.35. The third kappa shape index (κ3) is 4.41. The highest BCUT2D eigenvalue weighted by Crippen LogP contribution is 2.70. The van der Waals surface area contributed by atoms with Gasteiger partial charge < -0.3 is 0 Å². The summed E-state index contributed by atoms with van der Waals surface area (Å²) in [6.07, 6.45) is 4.87. The van der Waals surface area contributed by atoms with Gasteiger partial charge in [0.25, 0.3) is 0 Å². The van der Waals surface area contributed by atoms with Crippen LogP contribution in [-0.2, 0) is 16.2 Å². The third-order valence-electron chi connectivity index (χ3n) is 5.22. The maximum Gasteiger partial charge on any atom is 0.145 e. The molecule has 0 spiro atoms. The number of benzene rings is 1. The zero-order chi connectivity index (χ0) is 19.4. The molecule has 1 heterocycles. The Kier molecular flexibility index (Phi) is 5.49. The van der Waals surface area contributed by atoms with Crippen molar-refractivity contribution < 1.29 is 0 Å². The monoisotopic (exact) mass is 423 g/mol. The molecule has 0 saturated carbocycles. The minimum Gasteiger partial charge on any atom is -0.0561 e. The summed E-state index contributed by atoms with van der Waals surface area (Å²) < 4.78 is 0. The van der Waals surface area contributed by atoms with Crippen LogP contribution in [0.15, 0.2) is 23.8 Å². The van der Waals surface area contributed by atoms with Crippen molar-refractivity contribution in [2.75, 3.05) is 12.3 Å². The van der Waals surface area contributed by atoms with Crippen molar-refractivity contribution >= 4 is 26.8 Å². The van der Waals surface area contributed by atoms with Crippen LogP contribution in [-0.4, -0.2) is 12.3 Å². The molecule has 25 heavy (non-hydrogen) atoms. The summed E-state index contributed by atoms with van der Waals surface area (Å²) in [7, 11) is 0. The Morgan fingerprint density at radius 1 is 0.800 bits per heavy atom. The predicted octanol–water partition coefficient (Wildman–Crippen LogP) is 7.49. The lowest BCUT2D eigenvalue weighted by Crippen LogP contribution is -2.33. The van der Waals surface area contributed by atoms with Gasteiger partial charge in [0.05, 0.1) is 12.3 Å². The second kappa shape index (κ2) is 6.49. The van der Waals surface area contributed by atoms with Crippen molar-refractivity contribution in [3.8, 4) is 0 Å². The van der Waals surface area contributed by atoms with Crippen LogP contribution in [0.5, 0.6) is 0 Å². The van der Waals surface area contributed by atoms with Gasteiger partial charge in [0.1, 0.15) is 26.8 Å². The number of hydrogen-bond donors (Lipinski definition) is 0. The topological polar surface area (TPSA) is 0 Å². The van der Waals surface area contributed by atoms with Crippen molar-refractivity contribution in [1.82, 2.24) is 0 Å². The molecule has 1 aliphatic heterocycles. The zero-order valence-electron chi connectivity index (χ0n) is 18.0. The largest absolute Gasteiger partial charge is 0.145 e. The summed E-state index contributed by atoms with van der Waals surface area (Å²) >= 11 is 4.32. The number of allylic oxidation sites excluding steroid dienone is 2. The predicted molar refractivity (Wildman–Crippen MR) is 122 cm³/mol. The van der Waals surface area contributed by atoms with Gasteiger partial charge in [-0.15, -0.1) is 0 Å². The molecular weight excluding hydrogens is 387 g/mol. The van der Waals surface area contributed by atoms with E-state index in [0.29, 0.717) is 0 Å². The molecule has 1 aromatic carbocycles. The van der Waals surface area contributed by atoms with Gasteiger partial charge in [-0.2, -0.15) is 0 Å². The van der Waals surface area contributed by atoms with Gasteiger partial charge in [-0.1, -0.05) is 74.4 Å². The molecule has 0 radical (unpaired) electrons. The molecule has 0 amide bonds. The Morgan fingerprint density at radius 2 is 1.24 bits per heavy atom. The van der Waals surface area contributed by atoms with Crippen LogP contribution < -0.4 is 5.30 Å². The van der Waals surface area contributed by atoms with Crippen LogP contribution in [0.2, 0.25) is 0 Å². The molecule has 0 aromatic heterocycles. The van der Waals surface area contributed by atoms with Gasteiger partial charge in [-0.25, -0.2) is 0 Å². The molecule has 0 saturated heterocycles. The second-order valence-corrected chi connectivity index (χ2v) is 17.9. The molecule has 2 heteroatoms. The molecular formula is C23H37BrP+. The van der Waals surface area contributed by atoms with Crippen LogP contribution in [0.3, 0.4) is 0 Å². The average Bonchev–Trinajstić information content (AvgIpc) is 2.75. The summed E-state index contributed by atoms with van der Waals surface area (Å²) in [5, 5.41) is 1.65. The van der Waals surface area contributed by atoms with Gasteiger partial charge in [0.15, 0.2) is 0 Å². The lowest BCUT2D eigenvalue weighted by molar-refractivity contribution is 0.553. The van der Waals surface area contributed by atoms with Crippen LogP contribution in [0.1, 0.15) is 85.9 Å². The van der Waals surface area contributed by atoms with E-state index in [1.165, 1.54) is 17.9 Å². The normalized spacial score (nSPS) is 22.3. The minimum absolute atomic E-state index is 0.147. The van der Waals surface area contributed by atoms with E-state index in [4.69, 9.17) is 0 Å². The van der Waals surface area contributed by atoms with Crippen molar-refractivity contribution in [2.45, 2.75) is 85.5 Å². The van der Waals surface area contributed by atoms with E-state index in [9.17, 15) is 0 Å². The molecule has 1 aromatic rings. The zero-order valence-corrected chi connectivity index (χ0v) is 20.5. The molecule has 140 valence electrons. The number of rotatable bonds is 1. The molecule has 1 unspecified atom stereocenters. The first-order valence-corrected chi connectivity index (χ1v) is 13.7. The first kappa shape index (κ1) is 21.2. The third-order valence-corrected chi connectivity index (χ3v) is 11.0. The Bertz CT molecular complexity index is 657. The molecule has 0 N–H and O–H groups in total. The van der Waals surface area contributed by atoms with Gasteiger partial charge in [0, 0.05) is 11.1 Å². The van der Waals surface area contributed by atoms with E-state index in [1.54, 1.807) is 22.0 Å². The van der Waals surface area contributed by atoms with E-state index < -0.39 is 5.96 Å². The Morgan fingerprint density at radius 3 is 1.52 bits per heavy atom. The highest BCUT2D eigenvalue weighted by molar-refractivity contribution is 9.43. The fourth-order valence-electron chi connectivity index (χ4n) is 3.64. The van der Waals surface area contributed by atoms with Gasteiger partial charge >= 0.3 is 0 Å². The fraction of sp³-hybridized carbons (Fsp3) is 0.652. The van der Waals surface area contributed by atoms with Gasteiger partial charge in [0.2, 0.25) is 0 Å². The summed E-state index contributed by atoms with van der Waals surface area (Å²) in [6, 6.07) is 5.03. The summed E-state index contributed by atoms with van der Waals surface area (Å²) in [5.74, 6) is -1.35. The van der Waals surface area contributed by atoms with E-state index >= 15 is 0 Å².